The van der Waals surface area contributed by atoms with E-state index in [4.69, 9.17) is 5.73 Å². The minimum absolute atomic E-state index is 0.173. The number of rotatable bonds is 7. The third kappa shape index (κ3) is 7.00. The van der Waals surface area contributed by atoms with Gasteiger partial charge in [-0.2, -0.15) is 0 Å². The molecular weight excluding hydrogens is 341 g/mol. The third-order valence-electron chi connectivity index (χ3n) is 3.63. The molecule has 140 valence electrons. The summed E-state index contributed by atoms with van der Waals surface area (Å²) >= 11 is 0. The Bertz CT molecular complexity index is 588. The predicted molar refractivity (Wildman–Crippen MR) is 83.5 cm³/mol. The number of nitrogens with two attached hydrogens (primary N) is 1. The number of hydrogen-bond donors (Lipinski definition) is 2. The fourth-order valence-electron chi connectivity index (χ4n) is 1.95. The standard InChI is InChI=1S/C16H21F3N2O4/c1-9(10(2)20)15(23)21-13(8-14(22)24-3)11-4-6-12(7-5-11)25-16(17,18)19/h4-7,9-10,13H,8,20H2,1-3H3,(H,21,23). The molecule has 0 saturated carbocycles. The van der Waals surface area contributed by atoms with Gasteiger partial charge in [0.2, 0.25) is 5.91 Å². The normalized spacial score (nSPS) is 15.0. The van der Waals surface area contributed by atoms with E-state index in [1.54, 1.807) is 13.8 Å². The molecule has 1 amide bonds. The Balaban J connectivity index is 2.95. The van der Waals surface area contributed by atoms with Crippen molar-refractivity contribution in [2.45, 2.75) is 38.7 Å². The molecule has 1 aromatic rings. The van der Waals surface area contributed by atoms with Crippen molar-refractivity contribution in [1.82, 2.24) is 5.32 Å². The Morgan fingerprint density at radius 3 is 2.20 bits per heavy atom. The molecule has 3 N–H and O–H groups in total. The monoisotopic (exact) mass is 362 g/mol. The lowest BCUT2D eigenvalue weighted by Gasteiger charge is -2.22. The second-order valence-corrected chi connectivity index (χ2v) is 5.61. The minimum atomic E-state index is -4.80. The van der Waals surface area contributed by atoms with Crippen LogP contribution < -0.4 is 15.8 Å². The van der Waals surface area contributed by atoms with Crippen molar-refractivity contribution in [2.75, 3.05) is 7.11 Å². The Morgan fingerprint density at radius 2 is 1.76 bits per heavy atom. The van der Waals surface area contributed by atoms with Gasteiger partial charge in [0.1, 0.15) is 5.75 Å². The van der Waals surface area contributed by atoms with Crippen LogP contribution in [0.4, 0.5) is 13.2 Å². The number of hydrogen-bond acceptors (Lipinski definition) is 5. The summed E-state index contributed by atoms with van der Waals surface area (Å²) in [6, 6.07) is 3.72. The molecule has 0 spiro atoms. The van der Waals surface area contributed by atoms with Gasteiger partial charge in [0.25, 0.3) is 0 Å². The molecule has 6 nitrogen and oxygen atoms in total. The van der Waals surface area contributed by atoms with Crippen LogP contribution in [0.2, 0.25) is 0 Å². The van der Waals surface area contributed by atoms with Crippen molar-refractivity contribution in [3.8, 4) is 5.75 Å². The van der Waals surface area contributed by atoms with Crippen molar-refractivity contribution in [3.05, 3.63) is 29.8 Å². The highest BCUT2D eigenvalue weighted by Gasteiger charge is 2.31. The number of esters is 1. The van der Waals surface area contributed by atoms with Gasteiger partial charge >= 0.3 is 12.3 Å². The molecule has 0 aliphatic rings. The van der Waals surface area contributed by atoms with Gasteiger partial charge in [-0.3, -0.25) is 9.59 Å². The van der Waals surface area contributed by atoms with Gasteiger partial charge in [0.15, 0.2) is 0 Å². The molecule has 1 rings (SSSR count). The predicted octanol–water partition coefficient (Wildman–Crippen LogP) is 2.29. The van der Waals surface area contributed by atoms with Crippen LogP contribution in [0, 0.1) is 5.92 Å². The molecule has 0 aromatic heterocycles. The summed E-state index contributed by atoms with van der Waals surface area (Å²) in [6.45, 7) is 3.30. The number of carbonyl (C=O) groups excluding carboxylic acids is 2. The summed E-state index contributed by atoms with van der Waals surface area (Å²) in [5.74, 6) is -1.86. The van der Waals surface area contributed by atoms with Crippen molar-refractivity contribution in [1.29, 1.82) is 0 Å². The Labute approximate surface area is 143 Å². The van der Waals surface area contributed by atoms with E-state index in [1.165, 1.54) is 19.2 Å². The smallest absolute Gasteiger partial charge is 0.469 e. The van der Waals surface area contributed by atoms with E-state index in [0.29, 0.717) is 5.56 Å². The summed E-state index contributed by atoms with van der Waals surface area (Å²) in [5, 5.41) is 2.66. The Hall–Kier alpha value is -2.29. The van der Waals surface area contributed by atoms with Gasteiger partial charge in [0, 0.05) is 12.0 Å². The molecule has 1 aromatic carbocycles. The lowest BCUT2D eigenvalue weighted by molar-refractivity contribution is -0.274. The summed E-state index contributed by atoms with van der Waals surface area (Å²) in [4.78, 5) is 23.7. The van der Waals surface area contributed by atoms with Gasteiger partial charge in [0.05, 0.1) is 19.6 Å². The van der Waals surface area contributed by atoms with E-state index >= 15 is 0 Å². The number of carbonyl (C=O) groups is 2. The molecule has 25 heavy (non-hydrogen) atoms. The number of ether oxygens (including phenoxy) is 2. The van der Waals surface area contributed by atoms with E-state index in [-0.39, 0.29) is 12.3 Å². The van der Waals surface area contributed by atoms with E-state index in [2.05, 4.69) is 14.8 Å². The fourth-order valence-corrected chi connectivity index (χ4v) is 1.95. The molecule has 3 atom stereocenters. The van der Waals surface area contributed by atoms with Crippen molar-refractivity contribution in [2.24, 2.45) is 11.7 Å². The summed E-state index contributed by atoms with van der Waals surface area (Å²) in [6.07, 6.45) is -4.97. The van der Waals surface area contributed by atoms with Crippen molar-refractivity contribution >= 4 is 11.9 Å². The first kappa shape index (κ1) is 20.8. The average molecular weight is 362 g/mol. The van der Waals surface area contributed by atoms with Gasteiger partial charge in [-0.05, 0) is 24.6 Å². The number of alkyl halides is 3. The van der Waals surface area contributed by atoms with Crippen LogP contribution in [-0.4, -0.2) is 31.4 Å². The van der Waals surface area contributed by atoms with Crippen LogP contribution >= 0.6 is 0 Å². The van der Waals surface area contributed by atoms with E-state index in [1.807, 2.05) is 0 Å². The SMILES string of the molecule is COC(=O)CC(NC(=O)C(C)C(C)N)c1ccc(OC(F)(F)F)cc1. The van der Waals surface area contributed by atoms with Crippen molar-refractivity contribution in [3.63, 3.8) is 0 Å². The second-order valence-electron chi connectivity index (χ2n) is 5.61. The summed E-state index contributed by atoms with van der Waals surface area (Å²) in [7, 11) is 1.20. The Morgan fingerprint density at radius 1 is 1.20 bits per heavy atom. The van der Waals surface area contributed by atoms with Crippen LogP contribution in [0.3, 0.4) is 0 Å². The highest BCUT2D eigenvalue weighted by Crippen LogP contribution is 2.26. The molecule has 0 aliphatic carbocycles. The highest BCUT2D eigenvalue weighted by atomic mass is 19.4. The van der Waals surface area contributed by atoms with Gasteiger partial charge in [-0.15, -0.1) is 13.2 Å². The molecule has 9 heteroatoms. The molecule has 0 radical (unpaired) electrons. The summed E-state index contributed by atoms with van der Waals surface area (Å²) < 4.78 is 45.0. The summed E-state index contributed by atoms with van der Waals surface area (Å²) in [5.41, 5.74) is 6.12. The van der Waals surface area contributed by atoms with Gasteiger partial charge in [-0.25, -0.2) is 0 Å². The molecule has 0 bridgehead atoms. The molecule has 0 fully saturated rings. The van der Waals surface area contributed by atoms with Crippen LogP contribution in [0.15, 0.2) is 24.3 Å². The maximum Gasteiger partial charge on any atom is 0.573 e. The van der Waals surface area contributed by atoms with Gasteiger partial charge < -0.3 is 20.5 Å². The number of amides is 1. The topological polar surface area (TPSA) is 90.7 Å². The lowest BCUT2D eigenvalue weighted by atomic mass is 9.99. The minimum Gasteiger partial charge on any atom is -0.469 e. The van der Waals surface area contributed by atoms with Gasteiger partial charge in [-0.1, -0.05) is 19.1 Å². The van der Waals surface area contributed by atoms with E-state index < -0.39 is 36.1 Å². The lowest BCUT2D eigenvalue weighted by Crippen LogP contribution is -2.40. The third-order valence-corrected chi connectivity index (χ3v) is 3.63. The first-order chi connectivity index (χ1) is 11.5. The van der Waals surface area contributed by atoms with Crippen LogP contribution in [0.25, 0.3) is 0 Å². The maximum atomic E-state index is 12.2. The first-order valence-electron chi connectivity index (χ1n) is 7.52. The molecule has 0 saturated heterocycles. The van der Waals surface area contributed by atoms with E-state index in [9.17, 15) is 22.8 Å². The fraction of sp³-hybridized carbons (Fsp3) is 0.500. The first-order valence-corrected chi connectivity index (χ1v) is 7.52. The Kier molecular flexibility index (Phi) is 7.22. The number of benzene rings is 1. The maximum absolute atomic E-state index is 12.2. The van der Waals surface area contributed by atoms with Crippen molar-refractivity contribution < 1.29 is 32.2 Å². The molecule has 3 unspecified atom stereocenters. The van der Waals surface area contributed by atoms with E-state index in [0.717, 1.165) is 12.1 Å². The van der Waals surface area contributed by atoms with Crippen LogP contribution in [0.1, 0.15) is 31.9 Å². The zero-order valence-electron chi connectivity index (χ0n) is 14.1. The average Bonchev–Trinajstić information content (AvgIpc) is 2.52. The highest BCUT2D eigenvalue weighted by molar-refractivity contribution is 5.80. The zero-order valence-corrected chi connectivity index (χ0v) is 14.1. The molecule has 0 aliphatic heterocycles. The molecule has 0 heterocycles. The number of halogens is 3. The number of methoxy groups -OCH3 is 1. The quantitative estimate of drug-likeness (QED) is 0.727. The van der Waals surface area contributed by atoms with Crippen LogP contribution in [0.5, 0.6) is 5.75 Å². The zero-order chi connectivity index (χ0) is 19.2. The molecular formula is C16H21F3N2O4. The largest absolute Gasteiger partial charge is 0.573 e. The number of nitrogens with one attached hydrogen (secondary N) is 1. The van der Waals surface area contributed by atoms with Crippen LogP contribution in [-0.2, 0) is 14.3 Å². The second kappa shape index (κ2) is 8.70.